The largest absolute Gasteiger partial charge is 0.299 e. The molecule has 22 heavy (non-hydrogen) atoms. The molecule has 4 nitrogen and oxygen atoms in total. The van der Waals surface area contributed by atoms with Gasteiger partial charge in [-0.2, -0.15) is 4.31 Å². The van der Waals surface area contributed by atoms with Crippen LogP contribution in [0.2, 0.25) is 5.02 Å². The van der Waals surface area contributed by atoms with Crippen LogP contribution in [0.4, 0.5) is 4.39 Å². The molecule has 1 saturated heterocycles. The molecule has 1 fully saturated rings. The van der Waals surface area contributed by atoms with E-state index in [0.717, 1.165) is 25.9 Å². The van der Waals surface area contributed by atoms with Crippen molar-refractivity contribution in [2.24, 2.45) is 0 Å². The van der Waals surface area contributed by atoms with Gasteiger partial charge in [0, 0.05) is 42.8 Å². The van der Waals surface area contributed by atoms with Gasteiger partial charge in [-0.3, -0.25) is 4.90 Å². The van der Waals surface area contributed by atoms with E-state index in [0.29, 0.717) is 23.7 Å². The van der Waals surface area contributed by atoms with Crippen LogP contribution in [0.15, 0.2) is 18.2 Å². The van der Waals surface area contributed by atoms with Crippen molar-refractivity contribution in [3.05, 3.63) is 34.6 Å². The van der Waals surface area contributed by atoms with E-state index >= 15 is 0 Å². The van der Waals surface area contributed by atoms with Crippen LogP contribution < -0.4 is 0 Å². The number of halogens is 2. The van der Waals surface area contributed by atoms with Crippen molar-refractivity contribution in [2.75, 3.05) is 25.9 Å². The van der Waals surface area contributed by atoms with E-state index in [2.05, 4.69) is 4.90 Å². The molecule has 0 saturated carbocycles. The number of hydrogen-bond donors (Lipinski definition) is 0. The minimum absolute atomic E-state index is 0.0346. The van der Waals surface area contributed by atoms with E-state index in [1.807, 2.05) is 6.92 Å². The van der Waals surface area contributed by atoms with Gasteiger partial charge >= 0.3 is 0 Å². The van der Waals surface area contributed by atoms with Gasteiger partial charge in [0.1, 0.15) is 5.82 Å². The molecule has 1 aliphatic rings. The first kappa shape index (κ1) is 17.7. The Morgan fingerprint density at radius 3 is 2.50 bits per heavy atom. The highest BCUT2D eigenvalue weighted by molar-refractivity contribution is 7.88. The van der Waals surface area contributed by atoms with Gasteiger partial charge in [0.2, 0.25) is 10.0 Å². The zero-order valence-electron chi connectivity index (χ0n) is 12.9. The molecule has 0 atom stereocenters. The maximum absolute atomic E-state index is 13.8. The van der Waals surface area contributed by atoms with Crippen molar-refractivity contribution < 1.29 is 12.8 Å². The summed E-state index contributed by atoms with van der Waals surface area (Å²) in [6.07, 6.45) is 2.77. The Kier molecular flexibility index (Phi) is 5.82. The van der Waals surface area contributed by atoms with Crippen molar-refractivity contribution >= 4 is 21.6 Å². The highest BCUT2D eigenvalue weighted by Gasteiger charge is 2.29. The summed E-state index contributed by atoms with van der Waals surface area (Å²) in [6.45, 7) is 4.28. The maximum atomic E-state index is 13.8. The first-order chi connectivity index (χ1) is 10.3. The predicted molar refractivity (Wildman–Crippen MR) is 86.9 cm³/mol. The van der Waals surface area contributed by atoms with Gasteiger partial charge in [-0.1, -0.05) is 24.6 Å². The summed E-state index contributed by atoms with van der Waals surface area (Å²) in [5.74, 6) is -0.291. The topological polar surface area (TPSA) is 40.6 Å². The lowest BCUT2D eigenvalue weighted by atomic mass is 10.0. The van der Waals surface area contributed by atoms with Crippen LogP contribution in [-0.2, 0) is 16.6 Å². The maximum Gasteiger partial charge on any atom is 0.211 e. The van der Waals surface area contributed by atoms with Crippen molar-refractivity contribution in [3.63, 3.8) is 0 Å². The lowest BCUT2D eigenvalue weighted by Crippen LogP contribution is -2.46. The molecular formula is C15H22ClFN2O2S. The summed E-state index contributed by atoms with van der Waals surface area (Å²) in [6, 6.07) is 4.73. The van der Waals surface area contributed by atoms with Crippen LogP contribution in [0, 0.1) is 5.82 Å². The number of rotatable bonds is 5. The van der Waals surface area contributed by atoms with Gasteiger partial charge in [0.15, 0.2) is 0 Å². The molecule has 0 aliphatic carbocycles. The highest BCUT2D eigenvalue weighted by Crippen LogP contribution is 2.24. The van der Waals surface area contributed by atoms with Crippen LogP contribution in [0.3, 0.4) is 0 Å². The van der Waals surface area contributed by atoms with E-state index in [1.54, 1.807) is 16.4 Å². The Hall–Kier alpha value is -0.690. The van der Waals surface area contributed by atoms with Crippen molar-refractivity contribution in [1.82, 2.24) is 9.21 Å². The van der Waals surface area contributed by atoms with Crippen LogP contribution in [-0.4, -0.2) is 49.6 Å². The Morgan fingerprint density at radius 2 is 2.00 bits per heavy atom. The van der Waals surface area contributed by atoms with E-state index in [9.17, 15) is 12.8 Å². The quantitative estimate of drug-likeness (QED) is 0.821. The molecule has 0 bridgehead atoms. The molecule has 0 radical (unpaired) electrons. The van der Waals surface area contributed by atoms with E-state index in [-0.39, 0.29) is 11.9 Å². The SMILES string of the molecule is CCN(C1CCN(Cc2c(F)cccc2Cl)CC1)S(C)(=O)=O. The Bertz CT molecular complexity index is 596. The summed E-state index contributed by atoms with van der Waals surface area (Å²) >= 11 is 6.06. The fourth-order valence-corrected chi connectivity index (χ4v) is 4.48. The third-order valence-corrected chi connectivity index (χ3v) is 5.91. The fraction of sp³-hybridized carbons (Fsp3) is 0.600. The molecule has 1 aromatic carbocycles. The lowest BCUT2D eigenvalue weighted by Gasteiger charge is -2.37. The molecule has 0 unspecified atom stereocenters. The molecule has 124 valence electrons. The Balaban J connectivity index is 1.98. The fourth-order valence-electron chi connectivity index (χ4n) is 3.04. The van der Waals surface area contributed by atoms with Crippen LogP contribution >= 0.6 is 11.6 Å². The normalized spacial score (nSPS) is 18.0. The van der Waals surface area contributed by atoms with Gasteiger partial charge < -0.3 is 0 Å². The van der Waals surface area contributed by atoms with Gasteiger partial charge in [-0.25, -0.2) is 12.8 Å². The lowest BCUT2D eigenvalue weighted by molar-refractivity contribution is 0.155. The minimum atomic E-state index is -3.17. The molecule has 1 aromatic rings. The molecule has 7 heteroatoms. The first-order valence-corrected chi connectivity index (χ1v) is 9.67. The molecule has 1 heterocycles. The average Bonchev–Trinajstić information content (AvgIpc) is 2.44. The van der Waals surface area contributed by atoms with Gasteiger partial charge in [0.25, 0.3) is 0 Å². The van der Waals surface area contributed by atoms with Crippen LogP contribution in [0.5, 0.6) is 0 Å². The van der Waals surface area contributed by atoms with Crippen molar-refractivity contribution in [2.45, 2.75) is 32.4 Å². The summed E-state index contributed by atoms with van der Waals surface area (Å²) < 4.78 is 38.9. The van der Waals surface area contributed by atoms with E-state index < -0.39 is 10.0 Å². The zero-order valence-corrected chi connectivity index (χ0v) is 14.5. The standard InChI is InChI=1S/C15H22ClFN2O2S/c1-3-19(22(2,20)21)12-7-9-18(10-8-12)11-13-14(16)5-4-6-15(13)17/h4-6,12H,3,7-11H2,1-2H3. The smallest absolute Gasteiger partial charge is 0.211 e. The second kappa shape index (κ2) is 7.25. The number of sulfonamides is 1. The summed E-state index contributed by atoms with van der Waals surface area (Å²) in [7, 11) is -3.17. The van der Waals surface area contributed by atoms with E-state index in [1.165, 1.54) is 12.3 Å². The van der Waals surface area contributed by atoms with Crippen LogP contribution in [0.1, 0.15) is 25.3 Å². The molecule has 0 N–H and O–H groups in total. The van der Waals surface area contributed by atoms with Crippen LogP contribution in [0.25, 0.3) is 0 Å². The van der Waals surface area contributed by atoms with E-state index in [4.69, 9.17) is 11.6 Å². The number of piperidine rings is 1. The zero-order chi connectivity index (χ0) is 16.3. The second-order valence-electron chi connectivity index (χ2n) is 5.67. The van der Waals surface area contributed by atoms with Gasteiger partial charge in [-0.05, 0) is 25.0 Å². The Morgan fingerprint density at radius 1 is 1.36 bits per heavy atom. The molecule has 0 spiro atoms. The summed E-state index contributed by atoms with van der Waals surface area (Å²) in [4.78, 5) is 2.12. The average molecular weight is 349 g/mol. The second-order valence-corrected chi connectivity index (χ2v) is 8.02. The third kappa shape index (κ3) is 4.19. The van der Waals surface area contributed by atoms with Crippen molar-refractivity contribution in [1.29, 1.82) is 0 Å². The molecular weight excluding hydrogens is 327 g/mol. The number of likely N-dealkylation sites (tertiary alicyclic amines) is 1. The van der Waals surface area contributed by atoms with Gasteiger partial charge in [0.05, 0.1) is 6.26 Å². The molecule has 2 rings (SSSR count). The number of benzene rings is 1. The summed E-state index contributed by atoms with van der Waals surface area (Å²) in [5, 5.41) is 0.438. The van der Waals surface area contributed by atoms with Gasteiger partial charge in [-0.15, -0.1) is 0 Å². The Labute approximate surface area is 136 Å². The highest BCUT2D eigenvalue weighted by atomic mass is 35.5. The molecule has 0 aromatic heterocycles. The predicted octanol–water partition coefficient (Wildman–Crippen LogP) is 2.73. The van der Waals surface area contributed by atoms with Crippen molar-refractivity contribution in [3.8, 4) is 0 Å². The number of hydrogen-bond acceptors (Lipinski definition) is 3. The first-order valence-electron chi connectivity index (χ1n) is 7.45. The number of nitrogens with zero attached hydrogens (tertiary/aromatic N) is 2. The summed E-state index contributed by atoms with van der Waals surface area (Å²) in [5.41, 5.74) is 0.512. The molecule has 0 amide bonds. The molecule has 1 aliphatic heterocycles. The minimum Gasteiger partial charge on any atom is -0.299 e. The third-order valence-electron chi connectivity index (χ3n) is 4.15. The monoisotopic (exact) mass is 348 g/mol.